The van der Waals surface area contributed by atoms with Crippen molar-refractivity contribution in [2.24, 2.45) is 5.92 Å². The molecular formula is C38H48F3N5O10S. The van der Waals surface area contributed by atoms with Gasteiger partial charge in [0.15, 0.2) is 5.60 Å². The Morgan fingerprint density at radius 2 is 1.88 bits per heavy atom. The lowest BCUT2D eigenvalue weighted by Gasteiger charge is -2.33. The molecule has 3 fully saturated rings. The summed E-state index contributed by atoms with van der Waals surface area (Å²) >= 11 is 0. The Bertz CT molecular complexity index is 2060. The minimum absolute atomic E-state index is 0.0362. The van der Waals surface area contributed by atoms with E-state index in [2.05, 4.69) is 20.3 Å². The van der Waals surface area contributed by atoms with Crippen LogP contribution in [0.4, 0.5) is 18.0 Å². The normalized spacial score (nSPS) is 29.5. The van der Waals surface area contributed by atoms with Gasteiger partial charge in [0.25, 0.3) is 12.3 Å². The number of amides is 4. The Kier molecular flexibility index (Phi) is 11.5. The highest BCUT2D eigenvalue weighted by molar-refractivity contribution is 7.91. The number of hydrogen-bond acceptors (Lipinski definition) is 11. The average molecular weight is 824 g/mol. The van der Waals surface area contributed by atoms with Gasteiger partial charge >= 0.3 is 6.09 Å². The summed E-state index contributed by atoms with van der Waals surface area (Å²) in [7, 11) is -2.72. The van der Waals surface area contributed by atoms with E-state index in [0.717, 1.165) is 18.7 Å². The first-order chi connectivity index (χ1) is 26.7. The molecule has 4 amide bonds. The third-order valence-electron chi connectivity index (χ3n) is 11.2. The number of sulfonamides is 1. The lowest BCUT2D eigenvalue weighted by molar-refractivity contribution is -0.145. The molecule has 3 heterocycles. The number of fused-ring (bicyclic) bond motifs is 3. The van der Waals surface area contributed by atoms with E-state index in [1.807, 2.05) is 0 Å². The van der Waals surface area contributed by atoms with Gasteiger partial charge in [-0.2, -0.15) is 0 Å². The fourth-order valence-electron chi connectivity index (χ4n) is 7.16. The molecule has 1 saturated heterocycles. The van der Waals surface area contributed by atoms with E-state index in [4.69, 9.17) is 18.9 Å². The molecule has 0 unspecified atom stereocenters. The molecule has 6 rings (SSSR count). The van der Waals surface area contributed by atoms with Crippen LogP contribution >= 0.6 is 0 Å². The third-order valence-corrected chi connectivity index (χ3v) is 13.3. The standard InChI is InChI=1S/C38H48F3N5O10S/c1-20-9-7-8-10-22-18-38(22,34(49)45-57(51,52)37(5)12-13-37)44-30(47)27-17-24(55-31-26-15-23(39)16-28(53-6)25(26)11-14-42-31)19-46(27)32(48)29(21(2)54-20)43-35(50)56-36(3,4)33(40)41/h8,10-11,14-16,20-22,24,27,29,33H,7,9,12-13,17-19H2,1-6H3,(H,43,50)(H,44,47)(H,45,49)/b10-8-/t20-,21-,22+,24+,27-,29-,38+/m0/s1. The number of alkyl halides is 2. The highest BCUT2D eigenvalue weighted by atomic mass is 32.2. The van der Waals surface area contributed by atoms with Crippen molar-refractivity contribution in [1.29, 1.82) is 0 Å². The van der Waals surface area contributed by atoms with Crippen molar-refractivity contribution in [3.8, 4) is 11.6 Å². The third kappa shape index (κ3) is 8.63. The molecule has 2 aliphatic carbocycles. The topological polar surface area (TPSA) is 192 Å². The van der Waals surface area contributed by atoms with Crippen molar-refractivity contribution in [1.82, 2.24) is 25.2 Å². The van der Waals surface area contributed by atoms with Gasteiger partial charge in [0.2, 0.25) is 27.7 Å². The second-order valence-electron chi connectivity index (χ2n) is 16.0. The number of carbonyl (C=O) groups is 4. The molecule has 1 aromatic heterocycles. The Balaban J connectivity index is 1.36. The molecule has 2 aromatic rings. The van der Waals surface area contributed by atoms with E-state index in [1.54, 1.807) is 25.1 Å². The maximum Gasteiger partial charge on any atom is 0.408 e. The molecule has 1 aromatic carbocycles. The number of hydrogen-bond donors (Lipinski definition) is 3. The van der Waals surface area contributed by atoms with Crippen molar-refractivity contribution >= 4 is 44.6 Å². The maximum absolute atomic E-state index is 14.7. The van der Waals surface area contributed by atoms with Gasteiger partial charge in [-0.1, -0.05) is 12.2 Å². The first-order valence-corrected chi connectivity index (χ1v) is 20.3. The van der Waals surface area contributed by atoms with Crippen molar-refractivity contribution in [2.75, 3.05) is 13.7 Å². The van der Waals surface area contributed by atoms with Crippen LogP contribution in [0, 0.1) is 11.7 Å². The Morgan fingerprint density at radius 3 is 2.54 bits per heavy atom. The van der Waals surface area contributed by atoms with Crippen LogP contribution < -0.4 is 24.8 Å². The molecule has 0 spiro atoms. The molecule has 15 nitrogen and oxygen atoms in total. The summed E-state index contributed by atoms with van der Waals surface area (Å²) in [5.41, 5.74) is -3.90. The number of rotatable bonds is 9. The zero-order chi connectivity index (χ0) is 41.7. The monoisotopic (exact) mass is 823 g/mol. The SMILES string of the molecule is COc1cc(F)cc2c(O[C@@H]3C[C@H]4C(=O)N[C@]5(C(=O)NS(=O)(=O)C6(C)CC6)C[C@H]5/C=C\CC[C@H](C)O[C@@H](C)[C@H](NC(=O)OC(C)(C)C(F)F)C(=O)N4C3)nccc12. The summed E-state index contributed by atoms with van der Waals surface area (Å²) in [6, 6.07) is 1.02. The van der Waals surface area contributed by atoms with E-state index in [1.165, 1.54) is 39.3 Å². The van der Waals surface area contributed by atoms with Crippen LogP contribution in [0.1, 0.15) is 73.1 Å². The van der Waals surface area contributed by atoms with Gasteiger partial charge < -0.3 is 34.5 Å². The van der Waals surface area contributed by atoms with Crippen LogP contribution in [0.3, 0.4) is 0 Å². The molecule has 57 heavy (non-hydrogen) atoms. The smallest absolute Gasteiger partial charge is 0.408 e. The van der Waals surface area contributed by atoms with Crippen LogP contribution in [-0.2, 0) is 33.9 Å². The number of methoxy groups -OCH3 is 1. The first kappa shape index (κ1) is 42.0. The van der Waals surface area contributed by atoms with Crippen LogP contribution in [0.15, 0.2) is 36.5 Å². The summed E-state index contributed by atoms with van der Waals surface area (Å²) in [6.07, 6.45) is -0.570. The molecule has 3 N–H and O–H groups in total. The number of pyridine rings is 1. The number of nitrogens with one attached hydrogen (secondary N) is 3. The quantitative estimate of drug-likeness (QED) is 0.311. The second-order valence-corrected chi connectivity index (χ2v) is 18.2. The summed E-state index contributed by atoms with van der Waals surface area (Å²) in [4.78, 5) is 61.4. The summed E-state index contributed by atoms with van der Waals surface area (Å²) in [5.74, 6) is -3.67. The number of ether oxygens (including phenoxy) is 4. The molecular weight excluding hydrogens is 776 g/mol. The summed E-state index contributed by atoms with van der Waals surface area (Å²) in [6.45, 7) is 6.48. The van der Waals surface area contributed by atoms with Gasteiger partial charge in [-0.3, -0.25) is 19.1 Å². The van der Waals surface area contributed by atoms with E-state index in [0.29, 0.717) is 31.1 Å². The molecule has 312 valence electrons. The number of alkyl carbamates (subject to hydrolysis) is 1. The number of aromatic nitrogens is 1. The zero-order valence-corrected chi connectivity index (χ0v) is 33.3. The molecule has 19 heteroatoms. The molecule has 4 aliphatic rings. The van der Waals surface area contributed by atoms with Gasteiger partial charge in [0, 0.05) is 30.0 Å². The van der Waals surface area contributed by atoms with E-state index in [-0.39, 0.29) is 36.4 Å². The molecule has 2 aliphatic heterocycles. The van der Waals surface area contributed by atoms with E-state index in [9.17, 15) is 40.8 Å². The van der Waals surface area contributed by atoms with E-state index < -0.39 is 98.3 Å². The minimum atomic E-state index is -4.09. The Hall–Kier alpha value is -4.65. The largest absolute Gasteiger partial charge is 0.496 e. The Labute approximate surface area is 328 Å². The Morgan fingerprint density at radius 1 is 1.16 bits per heavy atom. The predicted molar refractivity (Wildman–Crippen MR) is 198 cm³/mol. The molecule has 7 atom stereocenters. The van der Waals surface area contributed by atoms with Crippen molar-refractivity contribution in [3.63, 3.8) is 0 Å². The predicted octanol–water partition coefficient (Wildman–Crippen LogP) is 3.89. The van der Waals surface area contributed by atoms with Crippen molar-refractivity contribution < 1.29 is 59.7 Å². The minimum Gasteiger partial charge on any atom is -0.496 e. The molecule has 0 bridgehead atoms. The number of benzene rings is 1. The number of carbonyl (C=O) groups excluding carboxylic acids is 4. The van der Waals surface area contributed by atoms with E-state index >= 15 is 0 Å². The van der Waals surface area contributed by atoms with Gasteiger partial charge in [-0.15, -0.1) is 0 Å². The van der Waals surface area contributed by atoms with Crippen LogP contribution in [0.5, 0.6) is 11.6 Å². The lowest BCUT2D eigenvalue weighted by Crippen LogP contribution is -2.60. The number of nitrogens with zero attached hydrogens (tertiary/aromatic N) is 2. The highest BCUT2D eigenvalue weighted by Gasteiger charge is 2.63. The fourth-order valence-corrected chi connectivity index (χ4v) is 8.47. The number of halogens is 3. The maximum atomic E-state index is 14.7. The van der Waals surface area contributed by atoms with Crippen LogP contribution in [-0.4, -0.2) is 108 Å². The zero-order valence-electron chi connectivity index (χ0n) is 32.5. The summed E-state index contributed by atoms with van der Waals surface area (Å²) < 4.78 is 92.1. The average Bonchev–Trinajstić information content (AvgIpc) is 4.01. The number of allylic oxidation sites excluding steroid dienone is 1. The van der Waals surface area contributed by atoms with Crippen LogP contribution in [0.25, 0.3) is 10.8 Å². The van der Waals surface area contributed by atoms with Gasteiger partial charge in [0.1, 0.15) is 35.3 Å². The van der Waals surface area contributed by atoms with Crippen molar-refractivity contribution in [2.45, 2.75) is 126 Å². The van der Waals surface area contributed by atoms with Gasteiger partial charge in [-0.05, 0) is 78.9 Å². The second kappa shape index (κ2) is 15.6. The first-order valence-electron chi connectivity index (χ1n) is 18.8. The van der Waals surface area contributed by atoms with Crippen molar-refractivity contribution in [3.05, 3.63) is 42.4 Å². The summed E-state index contributed by atoms with van der Waals surface area (Å²) in [5, 5.41) is 5.83. The van der Waals surface area contributed by atoms with Crippen LogP contribution in [0.2, 0.25) is 0 Å². The van der Waals surface area contributed by atoms with Gasteiger partial charge in [-0.25, -0.2) is 31.4 Å². The molecule has 2 saturated carbocycles. The fraction of sp³-hybridized carbons (Fsp3) is 0.605. The van der Waals surface area contributed by atoms with Gasteiger partial charge in [0.05, 0.1) is 36.0 Å². The highest BCUT2D eigenvalue weighted by Crippen LogP contribution is 2.47. The lowest BCUT2D eigenvalue weighted by atomic mass is 10.1. The molecule has 0 radical (unpaired) electrons.